The second-order valence-corrected chi connectivity index (χ2v) is 2.91. The molecule has 0 aliphatic rings. The molecule has 0 aliphatic carbocycles. The Kier molecular flexibility index (Phi) is 3.02. The normalized spacial score (nSPS) is 9.64. The van der Waals surface area contributed by atoms with Gasteiger partial charge in [0.15, 0.2) is 0 Å². The number of alkyl halides is 1. The number of allylic oxidation sites excluding steroid dienone is 1. The zero-order valence-electron chi connectivity index (χ0n) is 5.72. The number of aromatic nitrogens is 2. The van der Waals surface area contributed by atoms with Crippen molar-refractivity contribution in [2.24, 2.45) is 0 Å². The minimum absolute atomic E-state index is 0.399. The van der Waals surface area contributed by atoms with E-state index in [1.807, 2.05) is 0 Å². The third-order valence-electron chi connectivity index (χ3n) is 1.14. The predicted octanol–water partition coefficient (Wildman–Crippen LogP) is 2.54. The molecule has 0 N–H and O–H groups in total. The Balaban J connectivity index is 2.90. The zero-order valence-corrected chi connectivity index (χ0v) is 8.06. The molecule has 0 aliphatic heterocycles. The summed E-state index contributed by atoms with van der Waals surface area (Å²) in [5, 5.41) is 1.10. The summed E-state index contributed by atoms with van der Waals surface area (Å²) in [7, 11) is 0. The maximum absolute atomic E-state index is 5.54. The van der Waals surface area contributed by atoms with Crippen molar-refractivity contribution >= 4 is 33.1 Å². The van der Waals surface area contributed by atoms with Crippen molar-refractivity contribution in [3.05, 3.63) is 29.8 Å². The van der Waals surface area contributed by atoms with Gasteiger partial charge in [-0.1, -0.05) is 34.1 Å². The highest BCUT2D eigenvalue weighted by molar-refractivity contribution is 9.09. The lowest BCUT2D eigenvalue weighted by Crippen LogP contribution is -1.89. The van der Waals surface area contributed by atoms with Crippen LogP contribution in [-0.2, 0) is 0 Å². The molecule has 0 radical (unpaired) electrons. The highest BCUT2D eigenvalue weighted by atomic mass is 79.9. The van der Waals surface area contributed by atoms with Gasteiger partial charge in [-0.3, -0.25) is 4.98 Å². The molecule has 2 nitrogen and oxygen atoms in total. The molecule has 0 spiro atoms. The molecule has 0 fully saturated rings. The summed E-state index contributed by atoms with van der Waals surface area (Å²) in [6, 6.07) is 0. The summed E-state index contributed by atoms with van der Waals surface area (Å²) in [5.74, 6) is 0. The van der Waals surface area contributed by atoms with Gasteiger partial charge in [-0.2, -0.15) is 0 Å². The van der Waals surface area contributed by atoms with E-state index in [4.69, 9.17) is 11.6 Å². The summed E-state index contributed by atoms with van der Waals surface area (Å²) in [6.07, 6.45) is 3.11. The lowest BCUT2D eigenvalue weighted by atomic mass is 10.3. The monoisotopic (exact) mass is 232 g/mol. The van der Waals surface area contributed by atoms with E-state index in [2.05, 4.69) is 32.5 Å². The zero-order chi connectivity index (χ0) is 8.27. The largest absolute Gasteiger partial charge is 0.252 e. The Bertz CT molecular complexity index is 258. The average molecular weight is 233 g/mol. The summed E-state index contributed by atoms with van der Waals surface area (Å²) >= 11 is 8.81. The van der Waals surface area contributed by atoms with E-state index in [-0.39, 0.29) is 0 Å². The van der Waals surface area contributed by atoms with Crippen LogP contribution in [0.2, 0.25) is 5.15 Å². The lowest BCUT2D eigenvalue weighted by Gasteiger charge is -1.98. The van der Waals surface area contributed by atoms with Gasteiger partial charge in [0, 0.05) is 5.33 Å². The van der Waals surface area contributed by atoms with E-state index in [0.717, 1.165) is 11.3 Å². The third kappa shape index (κ3) is 2.27. The van der Waals surface area contributed by atoms with Crippen LogP contribution in [0.4, 0.5) is 0 Å². The van der Waals surface area contributed by atoms with Gasteiger partial charge in [-0.05, 0) is 5.57 Å². The average Bonchev–Trinajstić information content (AvgIpc) is 2.05. The summed E-state index contributed by atoms with van der Waals surface area (Å²) < 4.78 is 0. The van der Waals surface area contributed by atoms with Crippen LogP contribution in [0.1, 0.15) is 5.69 Å². The first-order valence-corrected chi connectivity index (χ1v) is 4.45. The highest BCUT2D eigenvalue weighted by Gasteiger charge is 1.98. The molecule has 1 aromatic rings. The molecule has 4 heteroatoms. The number of hydrogen-bond acceptors (Lipinski definition) is 2. The molecule has 58 valence electrons. The van der Waals surface area contributed by atoms with E-state index in [9.17, 15) is 0 Å². The van der Waals surface area contributed by atoms with Crippen molar-refractivity contribution in [2.75, 3.05) is 5.33 Å². The molecule has 0 bridgehead atoms. The first kappa shape index (κ1) is 8.68. The van der Waals surface area contributed by atoms with Crippen molar-refractivity contribution in [3.8, 4) is 0 Å². The van der Waals surface area contributed by atoms with Crippen molar-refractivity contribution in [3.63, 3.8) is 0 Å². The van der Waals surface area contributed by atoms with Crippen LogP contribution in [0.5, 0.6) is 0 Å². The van der Waals surface area contributed by atoms with Gasteiger partial charge in [0.2, 0.25) is 0 Å². The van der Waals surface area contributed by atoms with E-state index in [0.29, 0.717) is 10.5 Å². The Morgan fingerprint density at radius 2 is 2.27 bits per heavy atom. The first-order valence-electron chi connectivity index (χ1n) is 2.95. The quantitative estimate of drug-likeness (QED) is 0.734. The van der Waals surface area contributed by atoms with Crippen LogP contribution in [0, 0.1) is 0 Å². The fourth-order valence-corrected chi connectivity index (χ4v) is 0.948. The van der Waals surface area contributed by atoms with Crippen molar-refractivity contribution in [1.29, 1.82) is 0 Å². The Morgan fingerprint density at radius 1 is 1.55 bits per heavy atom. The van der Waals surface area contributed by atoms with Gasteiger partial charge in [-0.15, -0.1) is 0 Å². The van der Waals surface area contributed by atoms with Crippen LogP contribution in [0.3, 0.4) is 0 Å². The smallest absolute Gasteiger partial charge is 0.147 e. The minimum atomic E-state index is 0.399. The van der Waals surface area contributed by atoms with Gasteiger partial charge in [0.25, 0.3) is 0 Å². The maximum Gasteiger partial charge on any atom is 0.147 e. The molecule has 0 unspecified atom stereocenters. The Hall–Kier alpha value is -0.410. The molecule has 1 aromatic heterocycles. The third-order valence-corrected chi connectivity index (χ3v) is 2.02. The fraction of sp³-hybridized carbons (Fsp3) is 0.143. The second-order valence-electron chi connectivity index (χ2n) is 1.96. The molecular weight excluding hydrogens is 227 g/mol. The molecule has 1 rings (SSSR count). The summed E-state index contributed by atoms with van der Waals surface area (Å²) in [6.45, 7) is 3.78. The van der Waals surface area contributed by atoms with Crippen LogP contribution in [-0.4, -0.2) is 15.3 Å². The van der Waals surface area contributed by atoms with Crippen LogP contribution in [0.25, 0.3) is 5.57 Å². The van der Waals surface area contributed by atoms with E-state index in [1.54, 1.807) is 6.20 Å². The molecule has 0 aromatic carbocycles. The van der Waals surface area contributed by atoms with Crippen molar-refractivity contribution in [1.82, 2.24) is 9.97 Å². The SMILES string of the molecule is C=C(CBr)c1cnc(Cl)cn1. The van der Waals surface area contributed by atoms with Gasteiger partial charge < -0.3 is 0 Å². The van der Waals surface area contributed by atoms with Crippen LogP contribution < -0.4 is 0 Å². The topological polar surface area (TPSA) is 25.8 Å². The molecule has 0 saturated heterocycles. The fourth-order valence-electron chi connectivity index (χ4n) is 0.563. The second kappa shape index (κ2) is 3.83. The molecule has 11 heavy (non-hydrogen) atoms. The molecule has 0 atom stereocenters. The maximum atomic E-state index is 5.54. The number of rotatable bonds is 2. The number of nitrogens with zero attached hydrogens (tertiary/aromatic N) is 2. The van der Waals surface area contributed by atoms with Crippen molar-refractivity contribution in [2.45, 2.75) is 0 Å². The van der Waals surface area contributed by atoms with Gasteiger partial charge >= 0.3 is 0 Å². The minimum Gasteiger partial charge on any atom is -0.252 e. The molecule has 0 saturated carbocycles. The van der Waals surface area contributed by atoms with Crippen LogP contribution in [0.15, 0.2) is 19.0 Å². The molecule has 1 heterocycles. The molecular formula is C7H6BrClN2. The van der Waals surface area contributed by atoms with Gasteiger partial charge in [-0.25, -0.2) is 4.98 Å². The summed E-state index contributed by atoms with van der Waals surface area (Å²) in [5.41, 5.74) is 1.67. The number of hydrogen-bond donors (Lipinski definition) is 0. The van der Waals surface area contributed by atoms with Gasteiger partial charge in [0.1, 0.15) is 5.15 Å². The standard InChI is InChI=1S/C7H6BrClN2/c1-5(2-8)6-3-11-7(9)4-10-6/h3-4H,1-2H2. The summed E-state index contributed by atoms with van der Waals surface area (Å²) in [4.78, 5) is 7.89. The Labute approximate surface area is 78.4 Å². The van der Waals surface area contributed by atoms with E-state index >= 15 is 0 Å². The predicted molar refractivity (Wildman–Crippen MR) is 49.9 cm³/mol. The Morgan fingerprint density at radius 3 is 2.73 bits per heavy atom. The van der Waals surface area contributed by atoms with Crippen molar-refractivity contribution < 1.29 is 0 Å². The highest BCUT2D eigenvalue weighted by Crippen LogP contribution is 2.11. The van der Waals surface area contributed by atoms with E-state index < -0.39 is 0 Å². The first-order chi connectivity index (χ1) is 5.24. The molecule has 0 amide bonds. The van der Waals surface area contributed by atoms with E-state index in [1.165, 1.54) is 6.20 Å². The lowest BCUT2D eigenvalue weighted by molar-refractivity contribution is 1.17. The van der Waals surface area contributed by atoms with Crippen LogP contribution >= 0.6 is 27.5 Å². The number of halogens is 2. The van der Waals surface area contributed by atoms with Gasteiger partial charge in [0.05, 0.1) is 18.1 Å².